The zero-order valence-corrected chi connectivity index (χ0v) is 11.4. The number of rotatable bonds is 3. The first kappa shape index (κ1) is 11.9. The minimum atomic E-state index is 0.355. The number of hydrogen-bond acceptors (Lipinski definition) is 4. The monoisotopic (exact) mass is 272 g/mol. The molecule has 5 heteroatoms. The van der Waals surface area contributed by atoms with Gasteiger partial charge in [-0.05, 0) is 25.5 Å². The average molecular weight is 272 g/mol. The molecule has 0 aliphatic carbocycles. The van der Waals surface area contributed by atoms with Crippen molar-refractivity contribution in [1.82, 2.24) is 9.38 Å². The quantitative estimate of drug-likeness (QED) is 0.684. The molecule has 0 aliphatic heterocycles. The van der Waals surface area contributed by atoms with Crippen molar-refractivity contribution in [3.8, 4) is 11.6 Å². The number of aldehydes is 1. The first-order chi connectivity index (χ1) is 9.19. The highest BCUT2D eigenvalue weighted by Gasteiger charge is 2.15. The molecule has 96 valence electrons. The highest BCUT2D eigenvalue weighted by molar-refractivity contribution is 7.15. The normalized spacial score (nSPS) is 10.8. The Morgan fingerprint density at radius 3 is 2.95 bits per heavy atom. The predicted molar refractivity (Wildman–Crippen MR) is 74.4 cm³/mol. The Labute approximate surface area is 114 Å². The van der Waals surface area contributed by atoms with Gasteiger partial charge in [-0.3, -0.25) is 9.20 Å². The molecule has 0 bridgehead atoms. The number of thiazole rings is 1. The van der Waals surface area contributed by atoms with E-state index in [0.717, 1.165) is 22.6 Å². The fourth-order valence-electron chi connectivity index (χ4n) is 1.98. The summed E-state index contributed by atoms with van der Waals surface area (Å²) in [4.78, 5) is 16.3. The average Bonchev–Trinajstić information content (AvgIpc) is 2.92. The van der Waals surface area contributed by atoms with Gasteiger partial charge in [-0.25, -0.2) is 0 Å². The van der Waals surface area contributed by atoms with E-state index < -0.39 is 0 Å². The number of nitrogens with zero attached hydrogens (tertiary/aromatic N) is 2. The van der Waals surface area contributed by atoms with Crippen LogP contribution in [0.25, 0.3) is 4.96 Å². The summed E-state index contributed by atoms with van der Waals surface area (Å²) < 4.78 is 7.51. The molecule has 4 nitrogen and oxygen atoms in total. The SMILES string of the molecule is Cc1ccc(Oc2nc3sccn3c2C=O)c(C)c1. The molecule has 0 fully saturated rings. The maximum Gasteiger partial charge on any atom is 0.250 e. The zero-order valence-electron chi connectivity index (χ0n) is 10.6. The second-order valence-electron chi connectivity index (χ2n) is 4.35. The van der Waals surface area contributed by atoms with Crippen LogP contribution in [-0.4, -0.2) is 15.7 Å². The number of aryl methyl sites for hydroxylation is 2. The number of aromatic nitrogens is 2. The molecule has 0 saturated carbocycles. The van der Waals surface area contributed by atoms with E-state index in [1.165, 1.54) is 16.9 Å². The molecule has 0 spiro atoms. The van der Waals surface area contributed by atoms with E-state index in [-0.39, 0.29) is 0 Å². The van der Waals surface area contributed by atoms with E-state index >= 15 is 0 Å². The summed E-state index contributed by atoms with van der Waals surface area (Å²) in [6.07, 6.45) is 2.58. The number of ether oxygens (including phenoxy) is 1. The Bertz CT molecular complexity index is 758. The van der Waals surface area contributed by atoms with Crippen LogP contribution >= 0.6 is 11.3 Å². The van der Waals surface area contributed by atoms with Crippen LogP contribution in [0, 0.1) is 13.8 Å². The van der Waals surface area contributed by atoms with E-state index in [9.17, 15) is 4.79 Å². The van der Waals surface area contributed by atoms with Gasteiger partial charge in [0, 0.05) is 11.6 Å². The van der Waals surface area contributed by atoms with Gasteiger partial charge >= 0.3 is 0 Å². The van der Waals surface area contributed by atoms with Crippen LogP contribution in [0.5, 0.6) is 11.6 Å². The van der Waals surface area contributed by atoms with E-state index in [0.29, 0.717) is 11.6 Å². The number of carbonyl (C=O) groups excluding carboxylic acids is 1. The van der Waals surface area contributed by atoms with Gasteiger partial charge in [0.1, 0.15) is 5.75 Å². The highest BCUT2D eigenvalue weighted by atomic mass is 32.1. The number of hydrogen-bond donors (Lipinski definition) is 0. The lowest BCUT2D eigenvalue weighted by molar-refractivity contribution is 0.111. The lowest BCUT2D eigenvalue weighted by atomic mass is 10.1. The minimum absolute atomic E-state index is 0.355. The summed E-state index contributed by atoms with van der Waals surface area (Å²) in [6.45, 7) is 4.00. The first-order valence-electron chi connectivity index (χ1n) is 5.85. The number of benzene rings is 1. The molecule has 0 atom stereocenters. The third-order valence-corrected chi connectivity index (χ3v) is 3.67. The third-order valence-electron chi connectivity index (χ3n) is 2.91. The summed E-state index contributed by atoms with van der Waals surface area (Å²) in [5.41, 5.74) is 2.63. The van der Waals surface area contributed by atoms with Crippen molar-refractivity contribution < 1.29 is 9.53 Å². The molecule has 0 unspecified atom stereocenters. The summed E-state index contributed by atoms with van der Waals surface area (Å²) in [5, 5.41) is 1.89. The second-order valence-corrected chi connectivity index (χ2v) is 5.22. The van der Waals surface area contributed by atoms with E-state index in [1.54, 1.807) is 4.40 Å². The molecule has 0 saturated heterocycles. The van der Waals surface area contributed by atoms with Crippen molar-refractivity contribution in [1.29, 1.82) is 0 Å². The molecule has 19 heavy (non-hydrogen) atoms. The number of fused-ring (bicyclic) bond motifs is 1. The standard InChI is InChI=1S/C14H12N2O2S/c1-9-3-4-12(10(2)7-9)18-13-11(8-17)16-5-6-19-14(16)15-13/h3-8H,1-2H3. The lowest BCUT2D eigenvalue weighted by Crippen LogP contribution is -1.93. The largest absolute Gasteiger partial charge is 0.437 e. The molecule has 3 rings (SSSR count). The van der Waals surface area contributed by atoms with Crippen LogP contribution < -0.4 is 4.74 Å². The van der Waals surface area contributed by atoms with Gasteiger partial charge in [0.2, 0.25) is 5.88 Å². The highest BCUT2D eigenvalue weighted by Crippen LogP contribution is 2.29. The van der Waals surface area contributed by atoms with Crippen LogP contribution in [0.4, 0.5) is 0 Å². The van der Waals surface area contributed by atoms with Crippen molar-refractivity contribution in [3.05, 3.63) is 46.6 Å². The van der Waals surface area contributed by atoms with Crippen molar-refractivity contribution in [2.45, 2.75) is 13.8 Å². The number of carbonyl (C=O) groups is 1. The minimum Gasteiger partial charge on any atom is -0.437 e. The van der Waals surface area contributed by atoms with Crippen LogP contribution in [0.1, 0.15) is 21.6 Å². The second kappa shape index (κ2) is 4.51. The van der Waals surface area contributed by atoms with Gasteiger partial charge in [0.25, 0.3) is 0 Å². The predicted octanol–water partition coefficient (Wildman–Crippen LogP) is 3.62. The van der Waals surface area contributed by atoms with E-state index in [4.69, 9.17) is 4.74 Å². The smallest absolute Gasteiger partial charge is 0.250 e. The molecule has 0 radical (unpaired) electrons. The maximum atomic E-state index is 11.2. The van der Waals surface area contributed by atoms with Crippen molar-refractivity contribution in [2.75, 3.05) is 0 Å². The van der Waals surface area contributed by atoms with Crippen LogP contribution in [0.2, 0.25) is 0 Å². The maximum absolute atomic E-state index is 11.2. The molecule has 3 aromatic rings. The van der Waals surface area contributed by atoms with E-state index in [1.807, 2.05) is 43.6 Å². The summed E-state index contributed by atoms with van der Waals surface area (Å²) in [5.74, 6) is 1.08. The van der Waals surface area contributed by atoms with Gasteiger partial charge in [0.15, 0.2) is 16.9 Å². The van der Waals surface area contributed by atoms with Gasteiger partial charge in [-0.1, -0.05) is 17.7 Å². The van der Waals surface area contributed by atoms with Crippen LogP contribution in [0.15, 0.2) is 29.8 Å². The summed E-state index contributed by atoms with van der Waals surface area (Å²) in [6, 6.07) is 5.91. The number of imidazole rings is 1. The topological polar surface area (TPSA) is 43.6 Å². The van der Waals surface area contributed by atoms with Crippen molar-refractivity contribution >= 4 is 22.6 Å². The van der Waals surface area contributed by atoms with Crippen LogP contribution in [0.3, 0.4) is 0 Å². The van der Waals surface area contributed by atoms with Gasteiger partial charge < -0.3 is 4.74 Å². The first-order valence-corrected chi connectivity index (χ1v) is 6.73. The molecular formula is C14H12N2O2S. The summed E-state index contributed by atoms with van der Waals surface area (Å²) in [7, 11) is 0. The Morgan fingerprint density at radius 2 is 2.21 bits per heavy atom. The van der Waals surface area contributed by atoms with Crippen molar-refractivity contribution in [3.63, 3.8) is 0 Å². The Kier molecular flexibility index (Phi) is 2.83. The molecule has 1 aromatic carbocycles. The fourth-order valence-corrected chi connectivity index (χ4v) is 2.70. The molecule has 0 amide bonds. The molecule has 2 heterocycles. The molecule has 2 aromatic heterocycles. The van der Waals surface area contributed by atoms with Crippen molar-refractivity contribution in [2.24, 2.45) is 0 Å². The Hall–Kier alpha value is -2.14. The lowest BCUT2D eigenvalue weighted by Gasteiger charge is -2.07. The zero-order chi connectivity index (χ0) is 13.4. The molecule has 0 N–H and O–H groups in total. The molecular weight excluding hydrogens is 260 g/mol. The Balaban J connectivity index is 2.05. The van der Waals surface area contributed by atoms with Crippen LogP contribution in [-0.2, 0) is 0 Å². The third kappa shape index (κ3) is 2.02. The Morgan fingerprint density at radius 1 is 1.37 bits per heavy atom. The fraction of sp³-hybridized carbons (Fsp3) is 0.143. The van der Waals surface area contributed by atoms with Gasteiger partial charge in [-0.2, -0.15) is 4.98 Å². The van der Waals surface area contributed by atoms with E-state index in [2.05, 4.69) is 4.98 Å². The summed E-state index contributed by atoms with van der Waals surface area (Å²) >= 11 is 1.47. The van der Waals surface area contributed by atoms with Gasteiger partial charge in [-0.15, -0.1) is 11.3 Å². The molecule has 0 aliphatic rings. The van der Waals surface area contributed by atoms with Gasteiger partial charge in [0.05, 0.1) is 0 Å².